The number of aromatic nitrogens is 4. The zero-order valence-corrected chi connectivity index (χ0v) is 13.8. The molecule has 8 heteroatoms. The molecule has 122 valence electrons. The number of anilines is 1. The molecule has 0 saturated heterocycles. The Bertz CT molecular complexity index is 870. The van der Waals surface area contributed by atoms with Gasteiger partial charge in [0.25, 0.3) is 5.91 Å². The molecule has 2 heterocycles. The van der Waals surface area contributed by atoms with E-state index >= 15 is 0 Å². The molecule has 1 N–H and O–H groups in total. The Hall–Kier alpha value is -2.74. The number of ether oxygens (including phenoxy) is 1. The van der Waals surface area contributed by atoms with E-state index in [2.05, 4.69) is 20.6 Å². The monoisotopic (exact) mass is 341 g/mol. The number of hydrogen-bond acceptors (Lipinski definition) is 6. The number of amides is 1. The number of methoxy groups -OCH3 is 1. The van der Waals surface area contributed by atoms with Crippen LogP contribution in [-0.4, -0.2) is 33.0 Å². The predicted octanol–water partition coefficient (Wildman–Crippen LogP) is 2.86. The number of para-hydroxylation sites is 1. The third-order valence-electron chi connectivity index (χ3n) is 3.72. The van der Waals surface area contributed by atoms with Crippen molar-refractivity contribution in [2.75, 3.05) is 12.4 Å². The van der Waals surface area contributed by atoms with Crippen LogP contribution in [0.25, 0.3) is 5.69 Å². The molecule has 0 radical (unpaired) electrons. The number of carbonyl (C=O) groups excluding carboxylic acids is 1. The highest BCUT2D eigenvalue weighted by Crippen LogP contribution is 2.42. The van der Waals surface area contributed by atoms with Gasteiger partial charge in [-0.3, -0.25) is 10.1 Å². The molecule has 0 unspecified atom stereocenters. The highest BCUT2D eigenvalue weighted by Gasteiger charge is 2.28. The minimum Gasteiger partial charge on any atom is -0.493 e. The molecule has 1 fully saturated rings. The molecule has 1 aromatic carbocycles. The van der Waals surface area contributed by atoms with Gasteiger partial charge in [-0.25, -0.2) is 4.68 Å². The summed E-state index contributed by atoms with van der Waals surface area (Å²) in [4.78, 5) is 12.5. The summed E-state index contributed by atoms with van der Waals surface area (Å²) in [5.41, 5.74) is 1.06. The standard InChI is InChI=1S/C16H15N5O2S/c1-23-12-9-21(11-5-3-2-4-6-11)20-13(12)14(22)17-16-19-18-15(24-16)10-7-8-10/h2-6,9-10H,7-8H2,1H3,(H,17,19,22). The smallest absolute Gasteiger partial charge is 0.281 e. The molecule has 0 atom stereocenters. The summed E-state index contributed by atoms with van der Waals surface area (Å²) in [6.45, 7) is 0. The second-order valence-corrected chi connectivity index (χ2v) is 6.51. The Morgan fingerprint density at radius 3 is 2.79 bits per heavy atom. The van der Waals surface area contributed by atoms with Crippen molar-refractivity contribution in [3.63, 3.8) is 0 Å². The maximum absolute atomic E-state index is 12.5. The van der Waals surface area contributed by atoms with Gasteiger partial charge in [-0.05, 0) is 25.0 Å². The molecule has 0 aliphatic heterocycles. The Morgan fingerprint density at radius 1 is 1.29 bits per heavy atom. The van der Waals surface area contributed by atoms with Crippen molar-refractivity contribution >= 4 is 22.4 Å². The Labute approximate surface area is 142 Å². The minimum absolute atomic E-state index is 0.213. The predicted molar refractivity (Wildman–Crippen MR) is 90.0 cm³/mol. The zero-order valence-electron chi connectivity index (χ0n) is 13.0. The summed E-state index contributed by atoms with van der Waals surface area (Å²) in [6.07, 6.45) is 3.98. The van der Waals surface area contributed by atoms with E-state index in [-0.39, 0.29) is 11.6 Å². The SMILES string of the molecule is COc1cn(-c2ccccc2)nc1C(=O)Nc1nnc(C2CC2)s1. The van der Waals surface area contributed by atoms with Gasteiger partial charge in [0.15, 0.2) is 11.4 Å². The van der Waals surface area contributed by atoms with Crippen LogP contribution in [0.4, 0.5) is 5.13 Å². The van der Waals surface area contributed by atoms with Gasteiger partial charge in [0.2, 0.25) is 5.13 Å². The number of benzene rings is 1. The molecule has 1 amide bonds. The van der Waals surface area contributed by atoms with Crippen LogP contribution in [0.5, 0.6) is 5.75 Å². The molecule has 1 aliphatic rings. The maximum atomic E-state index is 12.5. The van der Waals surface area contributed by atoms with Crippen LogP contribution in [0.1, 0.15) is 34.3 Å². The van der Waals surface area contributed by atoms with Gasteiger partial charge < -0.3 is 4.74 Å². The van der Waals surface area contributed by atoms with Crippen molar-refractivity contribution in [3.05, 3.63) is 47.2 Å². The lowest BCUT2D eigenvalue weighted by Crippen LogP contribution is -2.14. The van der Waals surface area contributed by atoms with Crippen molar-refractivity contribution in [1.29, 1.82) is 0 Å². The van der Waals surface area contributed by atoms with E-state index in [4.69, 9.17) is 4.74 Å². The van der Waals surface area contributed by atoms with E-state index in [1.54, 1.807) is 10.9 Å². The van der Waals surface area contributed by atoms with E-state index in [0.29, 0.717) is 16.8 Å². The van der Waals surface area contributed by atoms with Crippen LogP contribution >= 0.6 is 11.3 Å². The molecule has 7 nitrogen and oxygen atoms in total. The van der Waals surface area contributed by atoms with Crippen LogP contribution in [0.15, 0.2) is 36.5 Å². The second-order valence-electron chi connectivity index (χ2n) is 5.50. The normalized spacial score (nSPS) is 13.7. The molecule has 1 saturated carbocycles. The summed E-state index contributed by atoms with van der Waals surface area (Å²) in [7, 11) is 1.51. The number of hydrogen-bond donors (Lipinski definition) is 1. The highest BCUT2D eigenvalue weighted by molar-refractivity contribution is 7.15. The lowest BCUT2D eigenvalue weighted by Gasteiger charge is -2.00. The van der Waals surface area contributed by atoms with E-state index in [9.17, 15) is 4.79 Å². The first-order valence-corrected chi connectivity index (χ1v) is 8.40. The van der Waals surface area contributed by atoms with Crippen LogP contribution in [0.3, 0.4) is 0 Å². The van der Waals surface area contributed by atoms with Crippen LogP contribution in [0, 0.1) is 0 Å². The average molecular weight is 341 g/mol. The first-order valence-electron chi connectivity index (χ1n) is 7.58. The molecular formula is C16H15N5O2S. The first-order chi connectivity index (χ1) is 11.7. The zero-order chi connectivity index (χ0) is 16.5. The second kappa shape index (κ2) is 6.04. The van der Waals surface area contributed by atoms with Gasteiger partial charge in [0.1, 0.15) is 5.01 Å². The summed E-state index contributed by atoms with van der Waals surface area (Å²) >= 11 is 1.41. The summed E-state index contributed by atoms with van der Waals surface area (Å²) in [5.74, 6) is 0.559. The van der Waals surface area contributed by atoms with Gasteiger partial charge in [0.05, 0.1) is 19.0 Å². The summed E-state index contributed by atoms with van der Waals surface area (Å²) in [6, 6.07) is 9.54. The maximum Gasteiger partial charge on any atom is 0.281 e. The fourth-order valence-corrected chi connectivity index (χ4v) is 3.22. The largest absolute Gasteiger partial charge is 0.493 e. The van der Waals surface area contributed by atoms with Crippen molar-refractivity contribution < 1.29 is 9.53 Å². The number of carbonyl (C=O) groups is 1. The van der Waals surface area contributed by atoms with Crippen molar-refractivity contribution in [1.82, 2.24) is 20.0 Å². The molecule has 24 heavy (non-hydrogen) atoms. The highest BCUT2D eigenvalue weighted by atomic mass is 32.1. The summed E-state index contributed by atoms with van der Waals surface area (Å²) < 4.78 is 6.90. The quantitative estimate of drug-likeness (QED) is 0.772. The van der Waals surface area contributed by atoms with Crippen LogP contribution in [0.2, 0.25) is 0 Å². The van der Waals surface area contributed by atoms with Gasteiger partial charge in [-0.15, -0.1) is 10.2 Å². The van der Waals surface area contributed by atoms with Gasteiger partial charge >= 0.3 is 0 Å². The van der Waals surface area contributed by atoms with Crippen molar-refractivity contribution in [3.8, 4) is 11.4 Å². The van der Waals surface area contributed by atoms with Crippen molar-refractivity contribution in [2.45, 2.75) is 18.8 Å². The van der Waals surface area contributed by atoms with E-state index in [0.717, 1.165) is 23.5 Å². The van der Waals surface area contributed by atoms with Gasteiger partial charge in [-0.1, -0.05) is 29.5 Å². The molecule has 2 aromatic heterocycles. The van der Waals surface area contributed by atoms with Crippen LogP contribution < -0.4 is 10.1 Å². The Kier molecular flexibility index (Phi) is 3.73. The Balaban J connectivity index is 1.57. The third-order valence-corrected chi connectivity index (χ3v) is 4.73. The molecule has 1 aliphatic carbocycles. The molecule has 0 bridgehead atoms. The third kappa shape index (κ3) is 2.88. The topological polar surface area (TPSA) is 81.9 Å². The van der Waals surface area contributed by atoms with Gasteiger partial charge in [-0.2, -0.15) is 5.10 Å². The lowest BCUT2D eigenvalue weighted by atomic mass is 10.3. The fraction of sp³-hybridized carbons (Fsp3) is 0.250. The lowest BCUT2D eigenvalue weighted by molar-refractivity contribution is 0.101. The van der Waals surface area contributed by atoms with E-state index in [1.807, 2.05) is 30.3 Å². The van der Waals surface area contributed by atoms with E-state index in [1.165, 1.54) is 18.4 Å². The average Bonchev–Trinajstić information content (AvgIpc) is 3.20. The molecular weight excluding hydrogens is 326 g/mol. The van der Waals surface area contributed by atoms with Crippen molar-refractivity contribution in [2.24, 2.45) is 0 Å². The number of nitrogens with zero attached hydrogens (tertiary/aromatic N) is 4. The van der Waals surface area contributed by atoms with Crippen LogP contribution in [-0.2, 0) is 0 Å². The molecule has 4 rings (SSSR count). The minimum atomic E-state index is -0.361. The van der Waals surface area contributed by atoms with E-state index < -0.39 is 0 Å². The Morgan fingerprint density at radius 2 is 2.08 bits per heavy atom. The number of nitrogens with one attached hydrogen (secondary N) is 1. The molecule has 0 spiro atoms. The number of rotatable bonds is 5. The molecule has 3 aromatic rings. The van der Waals surface area contributed by atoms with Gasteiger partial charge in [0, 0.05) is 5.92 Å². The fourth-order valence-electron chi connectivity index (χ4n) is 2.31. The first kappa shape index (κ1) is 14.8. The summed E-state index contributed by atoms with van der Waals surface area (Å²) in [5, 5.41) is 16.7.